The number of fused-ring (bicyclic) bond motifs is 1. The van der Waals surface area contributed by atoms with Crippen LogP contribution in [-0.4, -0.2) is 37.0 Å². The summed E-state index contributed by atoms with van der Waals surface area (Å²) in [6.45, 7) is 1.68. The second-order valence-corrected chi connectivity index (χ2v) is 5.96. The summed E-state index contributed by atoms with van der Waals surface area (Å²) < 4.78 is 5.12. The van der Waals surface area contributed by atoms with Gasteiger partial charge in [-0.3, -0.25) is 4.79 Å². The van der Waals surface area contributed by atoms with Crippen LogP contribution in [0.15, 0.2) is 24.3 Å². The molecular formula is C16H23ClN2O2. The Kier molecular flexibility index (Phi) is 5.12. The van der Waals surface area contributed by atoms with Crippen molar-refractivity contribution in [3.8, 4) is 5.75 Å². The Balaban J connectivity index is 0.00000161. The molecule has 0 spiro atoms. The number of nitrogens with two attached hydrogens (primary N) is 1. The van der Waals surface area contributed by atoms with Gasteiger partial charge in [-0.15, -0.1) is 12.4 Å². The molecule has 116 valence electrons. The van der Waals surface area contributed by atoms with E-state index in [1.54, 1.807) is 7.11 Å². The highest BCUT2D eigenvalue weighted by Gasteiger charge is 2.40. The van der Waals surface area contributed by atoms with Crippen molar-refractivity contribution in [1.29, 1.82) is 0 Å². The minimum Gasteiger partial charge on any atom is -0.497 e. The van der Waals surface area contributed by atoms with Gasteiger partial charge in [-0.1, -0.05) is 6.42 Å². The molecule has 3 unspecified atom stereocenters. The third-order valence-corrected chi connectivity index (χ3v) is 4.78. The summed E-state index contributed by atoms with van der Waals surface area (Å²) in [6, 6.07) is 7.61. The second-order valence-electron chi connectivity index (χ2n) is 5.96. The van der Waals surface area contributed by atoms with Crippen LogP contribution < -0.4 is 10.5 Å². The highest BCUT2D eigenvalue weighted by molar-refractivity contribution is 5.94. The zero-order chi connectivity index (χ0) is 14.1. The molecule has 1 aliphatic heterocycles. The van der Waals surface area contributed by atoms with E-state index < -0.39 is 0 Å². The van der Waals surface area contributed by atoms with Gasteiger partial charge in [-0.25, -0.2) is 0 Å². The lowest BCUT2D eigenvalue weighted by Crippen LogP contribution is -2.38. The molecule has 1 saturated carbocycles. The number of likely N-dealkylation sites (tertiary alicyclic amines) is 1. The van der Waals surface area contributed by atoms with Crippen molar-refractivity contribution < 1.29 is 9.53 Å². The van der Waals surface area contributed by atoms with E-state index in [0.717, 1.165) is 30.8 Å². The first kappa shape index (κ1) is 16.1. The van der Waals surface area contributed by atoms with Gasteiger partial charge in [0.1, 0.15) is 5.75 Å². The fraction of sp³-hybridized carbons (Fsp3) is 0.562. The highest BCUT2D eigenvalue weighted by Crippen LogP contribution is 2.36. The smallest absolute Gasteiger partial charge is 0.253 e. The Morgan fingerprint density at radius 3 is 2.57 bits per heavy atom. The maximum atomic E-state index is 12.5. The van der Waals surface area contributed by atoms with Crippen molar-refractivity contribution >= 4 is 18.3 Å². The van der Waals surface area contributed by atoms with Crippen LogP contribution in [0.3, 0.4) is 0 Å². The summed E-state index contributed by atoms with van der Waals surface area (Å²) in [5.74, 6) is 1.99. The number of benzene rings is 1. The summed E-state index contributed by atoms with van der Waals surface area (Å²) in [4.78, 5) is 14.5. The van der Waals surface area contributed by atoms with Crippen molar-refractivity contribution in [3.63, 3.8) is 0 Å². The van der Waals surface area contributed by atoms with Crippen LogP contribution in [0.2, 0.25) is 0 Å². The molecular weight excluding hydrogens is 288 g/mol. The average molecular weight is 311 g/mol. The summed E-state index contributed by atoms with van der Waals surface area (Å²) >= 11 is 0. The molecule has 1 saturated heterocycles. The van der Waals surface area contributed by atoms with E-state index in [-0.39, 0.29) is 24.4 Å². The molecule has 2 fully saturated rings. The Hall–Kier alpha value is -1.26. The van der Waals surface area contributed by atoms with Crippen LogP contribution in [0.5, 0.6) is 5.75 Å². The second kappa shape index (κ2) is 6.67. The van der Waals surface area contributed by atoms with Gasteiger partial charge in [0.15, 0.2) is 0 Å². The standard InChI is InChI=1S/C16H22N2O2.ClH/c1-20-13-7-5-11(6-8-13)16(19)18-9-12-3-2-4-15(17)14(12)10-18;/h5-8,12,14-15H,2-4,9-10,17H2,1H3;1H. The van der Waals surface area contributed by atoms with E-state index in [9.17, 15) is 4.79 Å². The zero-order valence-electron chi connectivity index (χ0n) is 12.3. The number of hydrogen-bond donors (Lipinski definition) is 1. The maximum absolute atomic E-state index is 12.5. The van der Waals surface area contributed by atoms with Gasteiger partial charge in [0.2, 0.25) is 0 Å². The van der Waals surface area contributed by atoms with Gasteiger partial charge in [0.05, 0.1) is 7.11 Å². The van der Waals surface area contributed by atoms with Gasteiger partial charge >= 0.3 is 0 Å². The summed E-state index contributed by atoms with van der Waals surface area (Å²) in [5.41, 5.74) is 6.94. The topological polar surface area (TPSA) is 55.6 Å². The molecule has 1 heterocycles. The van der Waals surface area contributed by atoms with Crippen molar-refractivity contribution in [2.24, 2.45) is 17.6 Å². The summed E-state index contributed by atoms with van der Waals surface area (Å²) in [6.07, 6.45) is 3.52. The summed E-state index contributed by atoms with van der Waals surface area (Å²) in [7, 11) is 1.63. The number of methoxy groups -OCH3 is 1. The molecule has 2 aliphatic rings. The van der Waals surface area contributed by atoms with Crippen molar-refractivity contribution in [1.82, 2.24) is 4.90 Å². The molecule has 1 amide bonds. The van der Waals surface area contributed by atoms with Crippen LogP contribution in [-0.2, 0) is 0 Å². The van der Waals surface area contributed by atoms with Crippen LogP contribution in [0.4, 0.5) is 0 Å². The lowest BCUT2D eigenvalue weighted by Gasteiger charge is -2.29. The number of carbonyl (C=O) groups is 1. The zero-order valence-corrected chi connectivity index (χ0v) is 13.1. The quantitative estimate of drug-likeness (QED) is 0.912. The highest BCUT2D eigenvalue weighted by atomic mass is 35.5. The molecule has 3 rings (SSSR count). The lowest BCUT2D eigenvalue weighted by molar-refractivity contribution is 0.0783. The van der Waals surface area contributed by atoms with E-state index >= 15 is 0 Å². The number of halogens is 1. The molecule has 5 heteroatoms. The minimum atomic E-state index is 0. The molecule has 21 heavy (non-hydrogen) atoms. The molecule has 1 aliphatic carbocycles. The number of hydrogen-bond acceptors (Lipinski definition) is 3. The summed E-state index contributed by atoms with van der Waals surface area (Å²) in [5, 5.41) is 0. The number of rotatable bonds is 2. The minimum absolute atomic E-state index is 0. The van der Waals surface area contributed by atoms with Gasteiger partial charge in [-0.2, -0.15) is 0 Å². The van der Waals surface area contributed by atoms with E-state index in [1.807, 2.05) is 29.2 Å². The first-order valence-electron chi connectivity index (χ1n) is 7.38. The first-order chi connectivity index (χ1) is 9.69. The van der Waals surface area contributed by atoms with Gasteiger partial charge in [0, 0.05) is 24.7 Å². The molecule has 2 N–H and O–H groups in total. The lowest BCUT2D eigenvalue weighted by atomic mass is 9.78. The number of carbonyl (C=O) groups excluding carboxylic acids is 1. The molecule has 0 bridgehead atoms. The Bertz CT molecular complexity index is 492. The average Bonchev–Trinajstić information content (AvgIpc) is 2.92. The van der Waals surface area contributed by atoms with Crippen LogP contribution in [0.1, 0.15) is 29.6 Å². The fourth-order valence-electron chi connectivity index (χ4n) is 3.60. The first-order valence-corrected chi connectivity index (χ1v) is 7.38. The van der Waals surface area contributed by atoms with Crippen LogP contribution >= 0.6 is 12.4 Å². The van der Waals surface area contributed by atoms with Crippen LogP contribution in [0.25, 0.3) is 0 Å². The third kappa shape index (κ3) is 3.16. The Morgan fingerprint density at radius 1 is 1.24 bits per heavy atom. The number of amides is 1. The molecule has 4 nitrogen and oxygen atoms in total. The monoisotopic (exact) mass is 310 g/mol. The van der Waals surface area contributed by atoms with Gasteiger partial charge in [0.25, 0.3) is 5.91 Å². The van der Waals surface area contributed by atoms with Crippen molar-refractivity contribution in [2.45, 2.75) is 25.3 Å². The Morgan fingerprint density at radius 2 is 1.95 bits per heavy atom. The van der Waals surface area contributed by atoms with E-state index in [1.165, 1.54) is 12.8 Å². The third-order valence-electron chi connectivity index (χ3n) is 4.78. The molecule has 1 aromatic carbocycles. The predicted molar refractivity (Wildman–Crippen MR) is 85.0 cm³/mol. The number of ether oxygens (including phenoxy) is 1. The van der Waals surface area contributed by atoms with E-state index in [4.69, 9.17) is 10.5 Å². The molecule has 1 aromatic rings. The van der Waals surface area contributed by atoms with Gasteiger partial charge < -0.3 is 15.4 Å². The predicted octanol–water partition coefficient (Wildman–Crippen LogP) is 2.32. The number of nitrogens with zero attached hydrogens (tertiary/aromatic N) is 1. The van der Waals surface area contributed by atoms with Crippen molar-refractivity contribution in [3.05, 3.63) is 29.8 Å². The molecule has 0 radical (unpaired) electrons. The molecule has 0 aromatic heterocycles. The van der Waals surface area contributed by atoms with E-state index in [2.05, 4.69) is 0 Å². The fourth-order valence-corrected chi connectivity index (χ4v) is 3.60. The maximum Gasteiger partial charge on any atom is 0.253 e. The SMILES string of the molecule is COc1ccc(C(=O)N2CC3CCCC(N)C3C2)cc1.Cl. The normalized spacial score (nSPS) is 27.7. The Labute approximate surface area is 132 Å². The van der Waals surface area contributed by atoms with E-state index in [0.29, 0.717) is 11.8 Å². The largest absolute Gasteiger partial charge is 0.497 e. The van der Waals surface area contributed by atoms with Gasteiger partial charge in [-0.05, 0) is 48.9 Å². The van der Waals surface area contributed by atoms with Crippen molar-refractivity contribution in [2.75, 3.05) is 20.2 Å². The molecule has 3 atom stereocenters. The van der Waals surface area contributed by atoms with Crippen LogP contribution in [0, 0.1) is 11.8 Å².